The normalized spacial score (nSPS) is 26.5. The molecule has 0 aromatic rings. The van der Waals surface area contributed by atoms with Crippen molar-refractivity contribution in [3.63, 3.8) is 0 Å². The minimum atomic E-state index is -0.0951. The van der Waals surface area contributed by atoms with Crippen LogP contribution in [0.1, 0.15) is 20.3 Å². The molecule has 1 saturated heterocycles. The van der Waals surface area contributed by atoms with Crippen molar-refractivity contribution in [1.29, 1.82) is 0 Å². The van der Waals surface area contributed by atoms with Crippen molar-refractivity contribution >= 4 is 0 Å². The zero-order valence-electron chi connectivity index (χ0n) is 7.56. The van der Waals surface area contributed by atoms with Gasteiger partial charge in [-0.1, -0.05) is 6.92 Å². The molecule has 0 spiro atoms. The fraction of sp³-hybridized carbons (Fsp3) is 1.00. The quantitative estimate of drug-likeness (QED) is 0.592. The average Bonchev–Trinajstić information content (AvgIpc) is 2.06. The first kappa shape index (κ1) is 8.97. The van der Waals surface area contributed by atoms with Gasteiger partial charge >= 0.3 is 0 Å². The first-order chi connectivity index (χ1) is 5.17. The van der Waals surface area contributed by atoms with Crippen LogP contribution < -0.4 is 11.1 Å². The standard InChI is InChI=1S/C8H19N3/c1-3-8(2,9)11-6-4-10-5-7-11/h10H,3-7,9H2,1-2H3. The molecule has 1 heterocycles. The van der Waals surface area contributed by atoms with Crippen molar-refractivity contribution in [2.24, 2.45) is 5.73 Å². The zero-order valence-corrected chi connectivity index (χ0v) is 7.56. The summed E-state index contributed by atoms with van der Waals surface area (Å²) in [4.78, 5) is 2.35. The molecular formula is C8H19N3. The Balaban J connectivity index is 2.43. The Hall–Kier alpha value is -0.120. The molecule has 0 bridgehead atoms. The van der Waals surface area contributed by atoms with E-state index >= 15 is 0 Å². The Bertz CT molecular complexity index is 117. The number of nitrogens with two attached hydrogens (primary N) is 1. The maximum atomic E-state index is 6.09. The number of hydrogen-bond donors (Lipinski definition) is 2. The molecule has 0 aromatic heterocycles. The predicted molar refractivity (Wildman–Crippen MR) is 47.3 cm³/mol. The van der Waals surface area contributed by atoms with Gasteiger partial charge in [0.05, 0.1) is 5.66 Å². The fourth-order valence-corrected chi connectivity index (χ4v) is 1.40. The van der Waals surface area contributed by atoms with Crippen molar-refractivity contribution in [3.05, 3.63) is 0 Å². The molecule has 1 atom stereocenters. The average molecular weight is 157 g/mol. The Morgan fingerprint density at radius 3 is 2.45 bits per heavy atom. The van der Waals surface area contributed by atoms with E-state index in [-0.39, 0.29) is 5.66 Å². The van der Waals surface area contributed by atoms with E-state index < -0.39 is 0 Å². The van der Waals surface area contributed by atoms with E-state index in [4.69, 9.17) is 5.73 Å². The molecule has 0 aromatic carbocycles. The van der Waals surface area contributed by atoms with E-state index in [1.54, 1.807) is 0 Å². The van der Waals surface area contributed by atoms with Crippen LogP contribution in [0.2, 0.25) is 0 Å². The second kappa shape index (κ2) is 3.52. The highest BCUT2D eigenvalue weighted by molar-refractivity contribution is 4.81. The molecule has 3 heteroatoms. The van der Waals surface area contributed by atoms with Crippen molar-refractivity contribution in [1.82, 2.24) is 10.2 Å². The Morgan fingerprint density at radius 1 is 1.45 bits per heavy atom. The van der Waals surface area contributed by atoms with E-state index in [0.717, 1.165) is 32.6 Å². The summed E-state index contributed by atoms with van der Waals surface area (Å²) in [5, 5.41) is 3.31. The van der Waals surface area contributed by atoms with Gasteiger partial charge in [0.15, 0.2) is 0 Å². The molecule has 0 amide bonds. The van der Waals surface area contributed by atoms with Crippen molar-refractivity contribution in [2.45, 2.75) is 25.9 Å². The van der Waals surface area contributed by atoms with E-state index in [9.17, 15) is 0 Å². The maximum Gasteiger partial charge on any atom is 0.0656 e. The van der Waals surface area contributed by atoms with E-state index in [1.807, 2.05) is 0 Å². The third-order valence-corrected chi connectivity index (χ3v) is 2.56. The Kier molecular flexibility index (Phi) is 2.87. The molecule has 0 saturated carbocycles. The second-order valence-electron chi connectivity index (χ2n) is 3.45. The third-order valence-electron chi connectivity index (χ3n) is 2.56. The van der Waals surface area contributed by atoms with Crippen molar-refractivity contribution < 1.29 is 0 Å². The molecule has 1 aliphatic rings. The van der Waals surface area contributed by atoms with E-state index in [1.165, 1.54) is 0 Å². The third kappa shape index (κ3) is 2.15. The number of rotatable bonds is 2. The summed E-state index contributed by atoms with van der Waals surface area (Å²) in [5.41, 5.74) is 5.99. The molecular weight excluding hydrogens is 138 g/mol. The number of piperazine rings is 1. The first-order valence-corrected chi connectivity index (χ1v) is 4.41. The van der Waals surface area contributed by atoms with Crippen LogP contribution in [0.25, 0.3) is 0 Å². The molecule has 3 nitrogen and oxygen atoms in total. The van der Waals surface area contributed by atoms with E-state index in [2.05, 4.69) is 24.1 Å². The summed E-state index contributed by atoms with van der Waals surface area (Å²) in [6.07, 6.45) is 1.02. The summed E-state index contributed by atoms with van der Waals surface area (Å²) in [6, 6.07) is 0. The molecule has 1 unspecified atom stereocenters. The van der Waals surface area contributed by atoms with Gasteiger partial charge in [0.1, 0.15) is 0 Å². The van der Waals surface area contributed by atoms with Crippen LogP contribution in [-0.4, -0.2) is 36.7 Å². The molecule has 1 fully saturated rings. The Labute approximate surface area is 68.9 Å². The lowest BCUT2D eigenvalue weighted by Crippen LogP contribution is -2.59. The topological polar surface area (TPSA) is 41.3 Å². The number of nitrogens with zero attached hydrogens (tertiary/aromatic N) is 1. The molecule has 11 heavy (non-hydrogen) atoms. The van der Waals surface area contributed by atoms with Crippen LogP contribution in [0.15, 0.2) is 0 Å². The largest absolute Gasteiger partial charge is 0.314 e. The van der Waals surface area contributed by atoms with Gasteiger partial charge in [-0.15, -0.1) is 0 Å². The van der Waals surface area contributed by atoms with Gasteiger partial charge < -0.3 is 11.1 Å². The van der Waals surface area contributed by atoms with Crippen LogP contribution in [0.5, 0.6) is 0 Å². The predicted octanol–water partition coefficient (Wildman–Crippen LogP) is -0.0235. The molecule has 3 N–H and O–H groups in total. The van der Waals surface area contributed by atoms with Crippen LogP contribution in [0.3, 0.4) is 0 Å². The van der Waals surface area contributed by atoms with Gasteiger partial charge in [-0.3, -0.25) is 4.90 Å². The summed E-state index contributed by atoms with van der Waals surface area (Å²) in [5.74, 6) is 0. The lowest BCUT2D eigenvalue weighted by Gasteiger charge is -2.40. The highest BCUT2D eigenvalue weighted by atomic mass is 15.3. The van der Waals surface area contributed by atoms with Gasteiger partial charge in [-0.25, -0.2) is 0 Å². The Morgan fingerprint density at radius 2 is 2.00 bits per heavy atom. The minimum Gasteiger partial charge on any atom is -0.314 e. The van der Waals surface area contributed by atoms with Crippen LogP contribution in [0, 0.1) is 0 Å². The monoisotopic (exact) mass is 157 g/mol. The fourth-order valence-electron chi connectivity index (χ4n) is 1.40. The van der Waals surface area contributed by atoms with Crippen molar-refractivity contribution in [2.75, 3.05) is 26.2 Å². The zero-order chi connectivity index (χ0) is 8.32. The molecule has 1 rings (SSSR count). The van der Waals surface area contributed by atoms with Gasteiger partial charge in [0, 0.05) is 26.2 Å². The maximum absolute atomic E-state index is 6.09. The van der Waals surface area contributed by atoms with E-state index in [0.29, 0.717) is 0 Å². The smallest absolute Gasteiger partial charge is 0.0656 e. The molecule has 0 aliphatic carbocycles. The highest BCUT2D eigenvalue weighted by Gasteiger charge is 2.25. The number of nitrogens with one attached hydrogen (secondary N) is 1. The summed E-state index contributed by atoms with van der Waals surface area (Å²) in [7, 11) is 0. The second-order valence-corrected chi connectivity index (χ2v) is 3.45. The summed E-state index contributed by atoms with van der Waals surface area (Å²) in [6.45, 7) is 8.57. The lowest BCUT2D eigenvalue weighted by molar-refractivity contribution is 0.0897. The van der Waals surface area contributed by atoms with Gasteiger partial charge in [0.25, 0.3) is 0 Å². The number of hydrogen-bond acceptors (Lipinski definition) is 3. The molecule has 66 valence electrons. The van der Waals surface area contributed by atoms with Crippen LogP contribution >= 0.6 is 0 Å². The minimum absolute atomic E-state index is 0.0951. The summed E-state index contributed by atoms with van der Waals surface area (Å²) < 4.78 is 0. The molecule has 1 aliphatic heterocycles. The van der Waals surface area contributed by atoms with Crippen LogP contribution in [-0.2, 0) is 0 Å². The highest BCUT2D eigenvalue weighted by Crippen LogP contribution is 2.12. The van der Waals surface area contributed by atoms with Gasteiger partial charge in [-0.2, -0.15) is 0 Å². The van der Waals surface area contributed by atoms with Crippen LogP contribution in [0.4, 0.5) is 0 Å². The first-order valence-electron chi connectivity index (χ1n) is 4.41. The SMILES string of the molecule is CCC(C)(N)N1CCNCC1. The van der Waals surface area contributed by atoms with Gasteiger partial charge in [-0.05, 0) is 13.3 Å². The lowest BCUT2D eigenvalue weighted by atomic mass is 10.1. The summed E-state index contributed by atoms with van der Waals surface area (Å²) >= 11 is 0. The van der Waals surface area contributed by atoms with Crippen molar-refractivity contribution in [3.8, 4) is 0 Å². The van der Waals surface area contributed by atoms with Gasteiger partial charge in [0.2, 0.25) is 0 Å². The molecule has 0 radical (unpaired) electrons.